The molecule has 25 heavy (non-hydrogen) atoms. The van der Waals surface area contributed by atoms with Gasteiger partial charge in [-0.2, -0.15) is 0 Å². The Morgan fingerprint density at radius 2 is 1.76 bits per heavy atom. The average molecular weight is 341 g/mol. The second-order valence-electron chi connectivity index (χ2n) is 5.62. The molecule has 3 amide bonds. The van der Waals surface area contributed by atoms with Crippen LogP contribution in [0.5, 0.6) is 5.75 Å². The molecule has 132 valence electrons. The zero-order valence-corrected chi connectivity index (χ0v) is 14.2. The summed E-state index contributed by atoms with van der Waals surface area (Å²) in [7, 11) is 1.62. The topological polar surface area (TPSA) is 93.4 Å². The Hall–Kier alpha value is -3.02. The van der Waals surface area contributed by atoms with Gasteiger partial charge in [0.2, 0.25) is 5.91 Å². The van der Waals surface area contributed by atoms with E-state index in [2.05, 4.69) is 10.6 Å². The summed E-state index contributed by atoms with van der Waals surface area (Å²) in [5.41, 5.74) is 7.16. The Bertz CT molecular complexity index is 687. The lowest BCUT2D eigenvalue weighted by molar-refractivity contribution is -0.121. The molecule has 6 heteroatoms. The number of carbonyl (C=O) groups excluding carboxylic acids is 2. The van der Waals surface area contributed by atoms with Crippen molar-refractivity contribution in [1.82, 2.24) is 10.6 Å². The molecule has 1 atom stereocenters. The molecule has 0 aliphatic rings. The van der Waals surface area contributed by atoms with Crippen LogP contribution in [-0.2, 0) is 11.2 Å². The molecular weight excluding hydrogens is 318 g/mol. The second kappa shape index (κ2) is 9.32. The fourth-order valence-electron chi connectivity index (χ4n) is 2.51. The Labute approximate surface area is 147 Å². The van der Waals surface area contributed by atoms with Crippen LogP contribution in [0.2, 0.25) is 0 Å². The average Bonchev–Trinajstić information content (AvgIpc) is 2.62. The SMILES string of the molecule is COc1ccc(CCNC(=O)C[C@@H](NC(N)=O)c2ccccc2)cc1. The summed E-state index contributed by atoms with van der Waals surface area (Å²) in [6, 6.07) is 15.9. The van der Waals surface area contributed by atoms with Gasteiger partial charge in [-0.1, -0.05) is 42.5 Å². The number of urea groups is 1. The number of amides is 3. The van der Waals surface area contributed by atoms with Crippen LogP contribution in [0.4, 0.5) is 4.79 Å². The van der Waals surface area contributed by atoms with Crippen LogP contribution >= 0.6 is 0 Å². The molecule has 0 aliphatic carbocycles. The zero-order valence-electron chi connectivity index (χ0n) is 14.2. The van der Waals surface area contributed by atoms with Crippen LogP contribution in [0, 0.1) is 0 Å². The van der Waals surface area contributed by atoms with E-state index in [4.69, 9.17) is 10.5 Å². The van der Waals surface area contributed by atoms with E-state index in [9.17, 15) is 9.59 Å². The lowest BCUT2D eigenvalue weighted by Crippen LogP contribution is -2.37. The van der Waals surface area contributed by atoms with Gasteiger partial charge in [0.1, 0.15) is 5.75 Å². The van der Waals surface area contributed by atoms with Gasteiger partial charge >= 0.3 is 6.03 Å². The van der Waals surface area contributed by atoms with Crippen molar-refractivity contribution in [3.05, 3.63) is 65.7 Å². The lowest BCUT2D eigenvalue weighted by Gasteiger charge is -2.17. The van der Waals surface area contributed by atoms with Gasteiger partial charge in [0.25, 0.3) is 0 Å². The van der Waals surface area contributed by atoms with E-state index in [1.54, 1.807) is 7.11 Å². The van der Waals surface area contributed by atoms with E-state index in [1.807, 2.05) is 54.6 Å². The molecule has 0 bridgehead atoms. The van der Waals surface area contributed by atoms with Crippen LogP contribution in [0.15, 0.2) is 54.6 Å². The van der Waals surface area contributed by atoms with Crippen molar-refractivity contribution < 1.29 is 14.3 Å². The van der Waals surface area contributed by atoms with Gasteiger partial charge in [-0.15, -0.1) is 0 Å². The predicted octanol–water partition coefficient (Wildman–Crippen LogP) is 2.15. The first-order chi connectivity index (χ1) is 12.1. The van der Waals surface area contributed by atoms with E-state index >= 15 is 0 Å². The quantitative estimate of drug-likeness (QED) is 0.687. The number of benzene rings is 2. The van der Waals surface area contributed by atoms with Crippen molar-refractivity contribution in [2.75, 3.05) is 13.7 Å². The Kier molecular flexibility index (Phi) is 6.83. The molecule has 0 aromatic heterocycles. The second-order valence-corrected chi connectivity index (χ2v) is 5.62. The van der Waals surface area contributed by atoms with Gasteiger partial charge in [-0.3, -0.25) is 4.79 Å². The summed E-state index contributed by atoms with van der Waals surface area (Å²) in [5, 5.41) is 5.48. The van der Waals surface area contributed by atoms with Crippen molar-refractivity contribution >= 4 is 11.9 Å². The molecule has 0 fully saturated rings. The summed E-state index contributed by atoms with van der Waals surface area (Å²) in [6.07, 6.45) is 0.852. The van der Waals surface area contributed by atoms with Crippen LogP contribution in [0.25, 0.3) is 0 Å². The minimum Gasteiger partial charge on any atom is -0.497 e. The molecule has 0 heterocycles. The van der Waals surface area contributed by atoms with E-state index in [1.165, 1.54) is 0 Å². The molecular formula is C19H23N3O3. The summed E-state index contributed by atoms with van der Waals surface area (Å²) >= 11 is 0. The monoisotopic (exact) mass is 341 g/mol. The number of hydrogen-bond donors (Lipinski definition) is 3. The van der Waals surface area contributed by atoms with E-state index in [-0.39, 0.29) is 12.3 Å². The summed E-state index contributed by atoms with van der Waals surface area (Å²) < 4.78 is 5.11. The third-order valence-corrected chi connectivity index (χ3v) is 3.80. The maximum atomic E-state index is 12.2. The minimum atomic E-state index is -0.653. The summed E-state index contributed by atoms with van der Waals surface area (Å²) in [5.74, 6) is 0.659. The Morgan fingerprint density at radius 1 is 1.08 bits per heavy atom. The van der Waals surface area contributed by atoms with Crippen molar-refractivity contribution in [2.24, 2.45) is 5.73 Å². The van der Waals surface area contributed by atoms with Crippen molar-refractivity contribution in [2.45, 2.75) is 18.9 Å². The first kappa shape index (κ1) is 18.3. The molecule has 6 nitrogen and oxygen atoms in total. The van der Waals surface area contributed by atoms with Gasteiger partial charge in [-0.25, -0.2) is 4.79 Å². The number of carbonyl (C=O) groups is 2. The van der Waals surface area contributed by atoms with E-state index < -0.39 is 12.1 Å². The highest BCUT2D eigenvalue weighted by Crippen LogP contribution is 2.16. The number of hydrogen-bond acceptors (Lipinski definition) is 3. The zero-order chi connectivity index (χ0) is 18.1. The molecule has 2 aromatic carbocycles. The molecule has 0 saturated heterocycles. The van der Waals surface area contributed by atoms with Gasteiger partial charge in [0.05, 0.1) is 19.6 Å². The standard InChI is InChI=1S/C19H23N3O3/c1-25-16-9-7-14(8-10-16)11-12-21-18(23)13-17(22-19(20)24)15-5-3-2-4-6-15/h2-10,17H,11-13H2,1H3,(H,21,23)(H3,20,22,24)/t17-/m1/s1. The highest BCUT2D eigenvalue weighted by molar-refractivity contribution is 5.78. The van der Waals surface area contributed by atoms with E-state index in [0.29, 0.717) is 6.54 Å². The normalized spacial score (nSPS) is 11.4. The maximum Gasteiger partial charge on any atom is 0.312 e. The molecule has 0 saturated carbocycles. The van der Waals surface area contributed by atoms with Crippen molar-refractivity contribution in [3.8, 4) is 5.75 Å². The highest BCUT2D eigenvalue weighted by Gasteiger charge is 2.16. The number of methoxy groups -OCH3 is 1. The van der Waals surface area contributed by atoms with Gasteiger partial charge < -0.3 is 21.1 Å². The fourth-order valence-corrected chi connectivity index (χ4v) is 2.51. The van der Waals surface area contributed by atoms with Crippen LogP contribution in [0.3, 0.4) is 0 Å². The summed E-state index contributed by atoms with van der Waals surface area (Å²) in [4.78, 5) is 23.4. The van der Waals surface area contributed by atoms with Crippen molar-refractivity contribution in [3.63, 3.8) is 0 Å². The third kappa shape index (κ3) is 6.18. The largest absolute Gasteiger partial charge is 0.497 e. The highest BCUT2D eigenvalue weighted by atomic mass is 16.5. The van der Waals surface area contributed by atoms with Gasteiger partial charge in [0.15, 0.2) is 0 Å². The third-order valence-electron chi connectivity index (χ3n) is 3.80. The predicted molar refractivity (Wildman–Crippen MR) is 96.2 cm³/mol. The minimum absolute atomic E-state index is 0.134. The molecule has 0 radical (unpaired) electrons. The molecule has 0 spiro atoms. The Balaban J connectivity index is 1.84. The smallest absolute Gasteiger partial charge is 0.312 e. The van der Waals surface area contributed by atoms with Gasteiger partial charge in [0, 0.05) is 6.54 Å². The number of rotatable bonds is 8. The van der Waals surface area contributed by atoms with E-state index in [0.717, 1.165) is 23.3 Å². The van der Waals surface area contributed by atoms with Crippen LogP contribution in [-0.4, -0.2) is 25.6 Å². The molecule has 0 aliphatic heterocycles. The molecule has 2 aromatic rings. The molecule has 2 rings (SSSR count). The van der Waals surface area contributed by atoms with Crippen LogP contribution in [0.1, 0.15) is 23.6 Å². The van der Waals surface area contributed by atoms with Crippen LogP contribution < -0.4 is 21.1 Å². The lowest BCUT2D eigenvalue weighted by atomic mass is 10.0. The fraction of sp³-hybridized carbons (Fsp3) is 0.263. The number of nitrogens with two attached hydrogens (primary N) is 1. The first-order valence-corrected chi connectivity index (χ1v) is 8.09. The van der Waals surface area contributed by atoms with Crippen molar-refractivity contribution in [1.29, 1.82) is 0 Å². The first-order valence-electron chi connectivity index (χ1n) is 8.09. The molecule has 0 unspecified atom stereocenters. The number of primary amides is 1. The summed E-state index contributed by atoms with van der Waals surface area (Å²) in [6.45, 7) is 0.517. The molecule has 4 N–H and O–H groups in total. The Morgan fingerprint density at radius 3 is 2.36 bits per heavy atom. The number of ether oxygens (including phenoxy) is 1. The van der Waals surface area contributed by atoms with Gasteiger partial charge in [-0.05, 0) is 29.7 Å². The maximum absolute atomic E-state index is 12.2. The number of nitrogens with one attached hydrogen (secondary N) is 2.